The SMILES string of the molecule is CCn1nc(C)cc1CC(NN)c1ccccc1. The Bertz CT molecular complexity index is 490. The molecule has 1 unspecified atom stereocenters. The molecule has 0 bridgehead atoms. The Balaban J connectivity index is 2.20. The Kier molecular flexibility index (Phi) is 4.12. The second-order valence-corrected chi connectivity index (χ2v) is 4.43. The van der Waals surface area contributed by atoms with E-state index in [-0.39, 0.29) is 6.04 Å². The second kappa shape index (κ2) is 5.80. The van der Waals surface area contributed by atoms with Crippen molar-refractivity contribution in [2.75, 3.05) is 0 Å². The van der Waals surface area contributed by atoms with Gasteiger partial charge in [-0.2, -0.15) is 5.10 Å². The van der Waals surface area contributed by atoms with E-state index in [1.54, 1.807) is 0 Å². The standard InChI is InChI=1S/C14H20N4/c1-3-18-13(9-11(2)17-18)10-14(16-15)12-7-5-4-6-8-12/h4-9,14,16H,3,10,15H2,1-2H3. The zero-order valence-corrected chi connectivity index (χ0v) is 10.9. The number of hydrogen-bond acceptors (Lipinski definition) is 3. The summed E-state index contributed by atoms with van der Waals surface area (Å²) >= 11 is 0. The Hall–Kier alpha value is -1.65. The van der Waals surface area contributed by atoms with Crippen LogP contribution in [0.2, 0.25) is 0 Å². The first kappa shape index (κ1) is 12.8. The third kappa shape index (κ3) is 2.78. The van der Waals surface area contributed by atoms with Crippen molar-refractivity contribution in [3.8, 4) is 0 Å². The van der Waals surface area contributed by atoms with Gasteiger partial charge in [-0.15, -0.1) is 0 Å². The van der Waals surface area contributed by atoms with Crippen LogP contribution in [-0.4, -0.2) is 9.78 Å². The van der Waals surface area contributed by atoms with E-state index in [1.165, 1.54) is 11.3 Å². The van der Waals surface area contributed by atoms with E-state index in [9.17, 15) is 0 Å². The lowest BCUT2D eigenvalue weighted by Crippen LogP contribution is -2.30. The number of aryl methyl sites for hydroxylation is 2. The van der Waals surface area contributed by atoms with Gasteiger partial charge in [0.15, 0.2) is 0 Å². The molecule has 0 saturated carbocycles. The predicted octanol–water partition coefficient (Wildman–Crippen LogP) is 1.96. The highest BCUT2D eigenvalue weighted by atomic mass is 15.3. The fraction of sp³-hybridized carbons (Fsp3) is 0.357. The number of rotatable bonds is 5. The quantitative estimate of drug-likeness (QED) is 0.624. The van der Waals surface area contributed by atoms with Crippen LogP contribution in [0.15, 0.2) is 36.4 Å². The molecular formula is C14H20N4. The van der Waals surface area contributed by atoms with Crippen molar-refractivity contribution in [1.82, 2.24) is 15.2 Å². The minimum atomic E-state index is 0.118. The maximum Gasteiger partial charge on any atom is 0.0596 e. The van der Waals surface area contributed by atoms with E-state index in [2.05, 4.69) is 35.6 Å². The van der Waals surface area contributed by atoms with Crippen LogP contribution in [0.4, 0.5) is 0 Å². The Morgan fingerprint density at radius 1 is 1.33 bits per heavy atom. The smallest absolute Gasteiger partial charge is 0.0596 e. The Labute approximate surface area is 108 Å². The Morgan fingerprint density at radius 3 is 2.67 bits per heavy atom. The van der Waals surface area contributed by atoms with Crippen molar-refractivity contribution >= 4 is 0 Å². The summed E-state index contributed by atoms with van der Waals surface area (Å²) in [5, 5.41) is 4.46. The maximum atomic E-state index is 5.67. The molecule has 18 heavy (non-hydrogen) atoms. The van der Waals surface area contributed by atoms with E-state index in [1.807, 2.05) is 29.8 Å². The molecule has 0 fully saturated rings. The first-order valence-electron chi connectivity index (χ1n) is 6.29. The van der Waals surface area contributed by atoms with Gasteiger partial charge >= 0.3 is 0 Å². The van der Waals surface area contributed by atoms with Crippen LogP contribution < -0.4 is 11.3 Å². The highest BCUT2D eigenvalue weighted by Gasteiger charge is 2.13. The van der Waals surface area contributed by atoms with E-state index >= 15 is 0 Å². The van der Waals surface area contributed by atoms with Gasteiger partial charge in [-0.3, -0.25) is 16.0 Å². The fourth-order valence-electron chi connectivity index (χ4n) is 2.20. The molecule has 1 heterocycles. The van der Waals surface area contributed by atoms with E-state index in [0.29, 0.717) is 0 Å². The summed E-state index contributed by atoms with van der Waals surface area (Å²) in [5.74, 6) is 5.67. The summed E-state index contributed by atoms with van der Waals surface area (Å²) in [6.07, 6.45) is 0.842. The molecule has 2 aromatic rings. The van der Waals surface area contributed by atoms with Gasteiger partial charge in [-0.25, -0.2) is 0 Å². The molecule has 0 aliphatic carbocycles. The van der Waals surface area contributed by atoms with Gasteiger partial charge in [0.2, 0.25) is 0 Å². The lowest BCUT2D eigenvalue weighted by molar-refractivity contribution is 0.517. The number of benzene rings is 1. The average molecular weight is 244 g/mol. The minimum absolute atomic E-state index is 0.118. The van der Waals surface area contributed by atoms with Crippen molar-refractivity contribution in [3.63, 3.8) is 0 Å². The summed E-state index contributed by atoms with van der Waals surface area (Å²) < 4.78 is 2.03. The molecular weight excluding hydrogens is 224 g/mol. The summed E-state index contributed by atoms with van der Waals surface area (Å²) in [6, 6.07) is 12.5. The number of nitrogens with one attached hydrogen (secondary N) is 1. The lowest BCUT2D eigenvalue weighted by atomic mass is 10.0. The van der Waals surface area contributed by atoms with E-state index in [0.717, 1.165) is 18.7 Å². The molecule has 0 spiro atoms. The van der Waals surface area contributed by atoms with Crippen molar-refractivity contribution in [3.05, 3.63) is 53.3 Å². The molecule has 0 amide bonds. The number of nitrogens with zero attached hydrogens (tertiary/aromatic N) is 2. The normalized spacial score (nSPS) is 12.6. The highest BCUT2D eigenvalue weighted by Crippen LogP contribution is 2.18. The van der Waals surface area contributed by atoms with Crippen LogP contribution in [0.5, 0.6) is 0 Å². The molecule has 0 aliphatic rings. The van der Waals surface area contributed by atoms with Gasteiger partial charge in [-0.1, -0.05) is 30.3 Å². The van der Waals surface area contributed by atoms with Crippen LogP contribution in [0.25, 0.3) is 0 Å². The lowest BCUT2D eigenvalue weighted by Gasteiger charge is -2.16. The molecule has 0 radical (unpaired) electrons. The molecule has 4 nitrogen and oxygen atoms in total. The summed E-state index contributed by atoms with van der Waals surface area (Å²) in [6.45, 7) is 5.00. The van der Waals surface area contributed by atoms with Crippen LogP contribution in [0.3, 0.4) is 0 Å². The van der Waals surface area contributed by atoms with Crippen molar-refractivity contribution in [1.29, 1.82) is 0 Å². The van der Waals surface area contributed by atoms with Gasteiger partial charge < -0.3 is 0 Å². The molecule has 1 aromatic carbocycles. The largest absolute Gasteiger partial charge is 0.271 e. The minimum Gasteiger partial charge on any atom is -0.271 e. The van der Waals surface area contributed by atoms with Crippen LogP contribution >= 0.6 is 0 Å². The molecule has 1 atom stereocenters. The first-order valence-corrected chi connectivity index (χ1v) is 6.29. The first-order chi connectivity index (χ1) is 8.74. The molecule has 2 rings (SSSR count). The van der Waals surface area contributed by atoms with E-state index < -0.39 is 0 Å². The van der Waals surface area contributed by atoms with Crippen molar-refractivity contribution in [2.24, 2.45) is 5.84 Å². The van der Waals surface area contributed by atoms with Crippen LogP contribution in [0, 0.1) is 6.92 Å². The zero-order valence-electron chi connectivity index (χ0n) is 10.9. The molecule has 1 aromatic heterocycles. The van der Waals surface area contributed by atoms with Crippen molar-refractivity contribution < 1.29 is 0 Å². The van der Waals surface area contributed by atoms with Gasteiger partial charge in [0, 0.05) is 18.7 Å². The second-order valence-electron chi connectivity index (χ2n) is 4.43. The van der Waals surface area contributed by atoms with Crippen LogP contribution in [0.1, 0.15) is 29.9 Å². The van der Waals surface area contributed by atoms with Crippen LogP contribution in [-0.2, 0) is 13.0 Å². The monoisotopic (exact) mass is 244 g/mol. The topological polar surface area (TPSA) is 55.9 Å². The third-order valence-electron chi connectivity index (χ3n) is 3.10. The summed E-state index contributed by atoms with van der Waals surface area (Å²) in [7, 11) is 0. The van der Waals surface area contributed by atoms with Gasteiger partial charge in [0.25, 0.3) is 0 Å². The maximum absolute atomic E-state index is 5.67. The fourth-order valence-corrected chi connectivity index (χ4v) is 2.20. The highest BCUT2D eigenvalue weighted by molar-refractivity contribution is 5.21. The Morgan fingerprint density at radius 2 is 2.06 bits per heavy atom. The molecule has 96 valence electrons. The number of hydrogen-bond donors (Lipinski definition) is 2. The molecule has 0 aliphatic heterocycles. The van der Waals surface area contributed by atoms with Gasteiger partial charge in [0.1, 0.15) is 0 Å². The number of aromatic nitrogens is 2. The zero-order chi connectivity index (χ0) is 13.0. The summed E-state index contributed by atoms with van der Waals surface area (Å²) in [4.78, 5) is 0. The number of hydrazine groups is 1. The molecule has 4 heteroatoms. The molecule has 3 N–H and O–H groups in total. The summed E-state index contributed by atoms with van der Waals surface area (Å²) in [5.41, 5.74) is 6.34. The third-order valence-corrected chi connectivity index (χ3v) is 3.10. The van der Waals surface area contributed by atoms with Gasteiger partial charge in [0.05, 0.1) is 11.7 Å². The molecule has 0 saturated heterocycles. The predicted molar refractivity (Wildman–Crippen MR) is 72.8 cm³/mol. The number of nitrogens with two attached hydrogens (primary N) is 1. The average Bonchev–Trinajstić information content (AvgIpc) is 2.77. The van der Waals surface area contributed by atoms with Gasteiger partial charge in [-0.05, 0) is 25.5 Å². The van der Waals surface area contributed by atoms with E-state index in [4.69, 9.17) is 5.84 Å². The van der Waals surface area contributed by atoms with Crippen molar-refractivity contribution in [2.45, 2.75) is 32.9 Å².